The lowest BCUT2D eigenvalue weighted by Crippen LogP contribution is -2.30. The van der Waals surface area contributed by atoms with Crippen molar-refractivity contribution in [3.8, 4) is 0 Å². The molecule has 0 amide bonds. The van der Waals surface area contributed by atoms with Gasteiger partial charge in [-0.1, -0.05) is 39.3 Å². The fourth-order valence-corrected chi connectivity index (χ4v) is 2.39. The van der Waals surface area contributed by atoms with E-state index in [1.54, 1.807) is 4.68 Å². The van der Waals surface area contributed by atoms with Gasteiger partial charge in [0.15, 0.2) is 0 Å². The molecule has 2 rings (SSSR count). The van der Waals surface area contributed by atoms with E-state index in [2.05, 4.69) is 49.8 Å². The van der Waals surface area contributed by atoms with Crippen LogP contribution in [-0.2, 0) is 19.9 Å². The molecule has 1 N–H and O–H groups in total. The summed E-state index contributed by atoms with van der Waals surface area (Å²) in [6, 6.07) is 8.68. The summed E-state index contributed by atoms with van der Waals surface area (Å²) in [4.78, 5) is 0. The number of halogens is 1. The summed E-state index contributed by atoms with van der Waals surface area (Å²) in [7, 11) is 3.87. The van der Waals surface area contributed by atoms with Gasteiger partial charge in [-0.3, -0.25) is 4.68 Å². The van der Waals surface area contributed by atoms with E-state index in [0.717, 1.165) is 23.0 Å². The Kier molecular flexibility index (Phi) is 4.49. The van der Waals surface area contributed by atoms with Crippen molar-refractivity contribution in [2.45, 2.75) is 18.9 Å². The number of aryl methyl sites for hydroxylation is 1. The van der Waals surface area contributed by atoms with Gasteiger partial charge in [0.1, 0.15) is 0 Å². The number of nitrogens with one attached hydrogen (secondary N) is 1. The van der Waals surface area contributed by atoms with Gasteiger partial charge in [0.2, 0.25) is 0 Å². The monoisotopic (exact) mass is 308 g/mol. The van der Waals surface area contributed by atoms with E-state index in [4.69, 9.17) is 0 Å². The number of benzene rings is 1. The van der Waals surface area contributed by atoms with Crippen molar-refractivity contribution < 1.29 is 0 Å². The molecule has 0 saturated carbocycles. The molecule has 1 atom stereocenters. The normalized spacial score (nSPS) is 12.6. The summed E-state index contributed by atoms with van der Waals surface area (Å²) < 4.78 is 2.89. The summed E-state index contributed by atoms with van der Waals surface area (Å²) in [6.45, 7) is 0. The Labute approximate surface area is 116 Å². The maximum atomic E-state index is 4.13. The second kappa shape index (κ2) is 6.11. The third-order valence-corrected chi connectivity index (χ3v) is 3.71. The summed E-state index contributed by atoms with van der Waals surface area (Å²) in [6.07, 6.45) is 3.81. The first-order valence-electron chi connectivity index (χ1n) is 5.95. The first-order valence-corrected chi connectivity index (χ1v) is 6.74. The second-order valence-electron chi connectivity index (χ2n) is 4.37. The number of aromatic nitrogens is 3. The number of nitrogens with zero attached hydrogens (tertiary/aromatic N) is 3. The summed E-state index contributed by atoms with van der Waals surface area (Å²) >= 11 is 3.58. The van der Waals surface area contributed by atoms with Crippen LogP contribution < -0.4 is 5.32 Å². The lowest BCUT2D eigenvalue weighted by atomic mass is 10.0. The Morgan fingerprint density at radius 3 is 2.72 bits per heavy atom. The first-order chi connectivity index (χ1) is 8.69. The fraction of sp³-hybridized carbons (Fsp3) is 0.385. The fourth-order valence-electron chi connectivity index (χ4n) is 1.95. The molecule has 0 fully saturated rings. The highest BCUT2D eigenvalue weighted by atomic mass is 79.9. The van der Waals surface area contributed by atoms with E-state index >= 15 is 0 Å². The largest absolute Gasteiger partial charge is 0.316 e. The van der Waals surface area contributed by atoms with Gasteiger partial charge in [0.25, 0.3) is 0 Å². The Morgan fingerprint density at radius 2 is 2.11 bits per heavy atom. The summed E-state index contributed by atoms with van der Waals surface area (Å²) in [5.74, 6) is 0. The minimum absolute atomic E-state index is 0.361. The molecule has 0 bridgehead atoms. The second-order valence-corrected chi connectivity index (χ2v) is 5.22. The quantitative estimate of drug-likeness (QED) is 0.918. The van der Waals surface area contributed by atoms with Crippen LogP contribution in [0, 0.1) is 0 Å². The molecule has 18 heavy (non-hydrogen) atoms. The molecule has 0 radical (unpaired) electrons. The molecular weight excluding hydrogens is 292 g/mol. The molecule has 4 nitrogen and oxygen atoms in total. The zero-order valence-corrected chi connectivity index (χ0v) is 12.2. The lowest BCUT2D eigenvalue weighted by Gasteiger charge is -2.15. The third-order valence-electron chi connectivity index (χ3n) is 2.94. The predicted molar refractivity (Wildman–Crippen MR) is 75.4 cm³/mol. The number of hydrogen-bond acceptors (Lipinski definition) is 3. The molecule has 96 valence electrons. The van der Waals surface area contributed by atoms with Gasteiger partial charge < -0.3 is 5.32 Å². The predicted octanol–water partition coefficient (Wildman–Crippen LogP) is 1.95. The van der Waals surface area contributed by atoms with Crippen LogP contribution >= 0.6 is 15.9 Å². The number of hydrogen-bond donors (Lipinski definition) is 1. The van der Waals surface area contributed by atoms with Gasteiger partial charge in [0.05, 0.1) is 5.69 Å². The molecule has 1 heterocycles. The van der Waals surface area contributed by atoms with Crippen molar-refractivity contribution in [2.24, 2.45) is 7.05 Å². The van der Waals surface area contributed by atoms with E-state index in [1.807, 2.05) is 26.4 Å². The van der Waals surface area contributed by atoms with Crippen LogP contribution in [0.4, 0.5) is 0 Å². The first kappa shape index (κ1) is 13.2. The van der Waals surface area contributed by atoms with Crippen LogP contribution in [0.2, 0.25) is 0 Å². The van der Waals surface area contributed by atoms with Crippen molar-refractivity contribution in [3.63, 3.8) is 0 Å². The SMILES string of the molecule is CNC(Cc1cn(C)nn1)Cc1ccccc1Br. The van der Waals surface area contributed by atoms with Crippen molar-refractivity contribution in [2.75, 3.05) is 7.05 Å². The highest BCUT2D eigenvalue weighted by Gasteiger charge is 2.12. The minimum Gasteiger partial charge on any atom is -0.316 e. The Hall–Kier alpha value is -1.20. The molecule has 0 aliphatic rings. The molecule has 5 heteroatoms. The van der Waals surface area contributed by atoms with Crippen LogP contribution in [-0.4, -0.2) is 28.1 Å². The molecular formula is C13H17BrN4. The average molecular weight is 309 g/mol. The van der Waals surface area contributed by atoms with Crippen LogP contribution in [0.5, 0.6) is 0 Å². The minimum atomic E-state index is 0.361. The standard InChI is InChI=1S/C13H17BrN4/c1-15-11(8-12-9-18(2)17-16-12)7-10-5-3-4-6-13(10)14/h3-6,9,11,15H,7-8H2,1-2H3. The van der Waals surface area contributed by atoms with Crippen molar-refractivity contribution in [1.29, 1.82) is 0 Å². The third kappa shape index (κ3) is 3.40. The highest BCUT2D eigenvalue weighted by Crippen LogP contribution is 2.18. The molecule has 0 spiro atoms. The van der Waals surface area contributed by atoms with Crippen LogP contribution in [0.3, 0.4) is 0 Å². The molecule has 0 saturated heterocycles. The topological polar surface area (TPSA) is 42.7 Å². The summed E-state index contributed by atoms with van der Waals surface area (Å²) in [5, 5.41) is 11.4. The van der Waals surface area contributed by atoms with Crippen LogP contribution in [0.1, 0.15) is 11.3 Å². The maximum absolute atomic E-state index is 4.13. The van der Waals surface area contributed by atoms with Crippen LogP contribution in [0.15, 0.2) is 34.9 Å². The molecule has 1 aromatic carbocycles. The summed E-state index contributed by atoms with van der Waals surface area (Å²) in [5.41, 5.74) is 2.32. The molecule has 0 aliphatic carbocycles. The zero-order valence-electron chi connectivity index (χ0n) is 10.6. The van der Waals surface area contributed by atoms with Gasteiger partial charge in [-0.15, -0.1) is 5.10 Å². The number of rotatable bonds is 5. The van der Waals surface area contributed by atoms with E-state index in [9.17, 15) is 0 Å². The van der Waals surface area contributed by atoms with E-state index < -0.39 is 0 Å². The van der Waals surface area contributed by atoms with E-state index in [1.165, 1.54) is 5.56 Å². The maximum Gasteiger partial charge on any atom is 0.0842 e. The van der Waals surface area contributed by atoms with Crippen molar-refractivity contribution in [3.05, 3.63) is 46.2 Å². The Balaban J connectivity index is 2.04. The lowest BCUT2D eigenvalue weighted by molar-refractivity contribution is 0.549. The van der Waals surface area contributed by atoms with Gasteiger partial charge in [-0.2, -0.15) is 0 Å². The smallest absolute Gasteiger partial charge is 0.0842 e. The van der Waals surface area contributed by atoms with Gasteiger partial charge in [0, 0.05) is 30.2 Å². The Morgan fingerprint density at radius 1 is 1.33 bits per heavy atom. The average Bonchev–Trinajstić information content (AvgIpc) is 2.76. The molecule has 1 aromatic heterocycles. The van der Waals surface area contributed by atoms with E-state index in [0.29, 0.717) is 6.04 Å². The van der Waals surface area contributed by atoms with Gasteiger partial charge in [-0.25, -0.2) is 0 Å². The van der Waals surface area contributed by atoms with Crippen molar-refractivity contribution in [1.82, 2.24) is 20.3 Å². The number of likely N-dealkylation sites (N-methyl/N-ethyl adjacent to an activating group) is 1. The van der Waals surface area contributed by atoms with Gasteiger partial charge in [-0.05, 0) is 25.1 Å². The van der Waals surface area contributed by atoms with Crippen molar-refractivity contribution >= 4 is 15.9 Å². The Bertz CT molecular complexity index is 509. The molecule has 2 aromatic rings. The van der Waals surface area contributed by atoms with Crippen LogP contribution in [0.25, 0.3) is 0 Å². The molecule has 1 unspecified atom stereocenters. The zero-order chi connectivity index (χ0) is 13.0. The van der Waals surface area contributed by atoms with E-state index in [-0.39, 0.29) is 0 Å². The van der Waals surface area contributed by atoms with Gasteiger partial charge >= 0.3 is 0 Å². The molecule has 0 aliphatic heterocycles. The highest BCUT2D eigenvalue weighted by molar-refractivity contribution is 9.10.